The van der Waals surface area contributed by atoms with Crippen LogP contribution < -0.4 is 0 Å². The van der Waals surface area contributed by atoms with Gasteiger partial charge in [-0.25, -0.2) is 0 Å². The summed E-state index contributed by atoms with van der Waals surface area (Å²) in [7, 11) is 0. The van der Waals surface area contributed by atoms with Crippen LogP contribution in [0.2, 0.25) is 0 Å². The fourth-order valence-electron chi connectivity index (χ4n) is 1.50. The third kappa shape index (κ3) is 3.51. The fraction of sp³-hybridized carbons (Fsp3) is 0.889. The van der Waals surface area contributed by atoms with Crippen LogP contribution >= 0.6 is 0 Å². The van der Waals surface area contributed by atoms with Gasteiger partial charge in [-0.1, -0.05) is 19.3 Å². The van der Waals surface area contributed by atoms with Gasteiger partial charge in [0.1, 0.15) is 0 Å². The predicted octanol–water partition coefficient (Wildman–Crippen LogP) is 1.84. The van der Waals surface area contributed by atoms with Crippen LogP contribution in [-0.4, -0.2) is 19.0 Å². The van der Waals surface area contributed by atoms with Crippen molar-refractivity contribution < 1.29 is 9.53 Å². The van der Waals surface area contributed by atoms with E-state index in [0.717, 1.165) is 0 Å². The Bertz CT molecular complexity index is 106. The van der Waals surface area contributed by atoms with E-state index in [4.69, 9.17) is 4.74 Å². The van der Waals surface area contributed by atoms with Crippen molar-refractivity contribution in [2.75, 3.05) is 6.61 Å². The van der Waals surface area contributed by atoms with Crippen molar-refractivity contribution >= 4 is 6.29 Å². The van der Waals surface area contributed by atoms with Crippen LogP contribution in [0.15, 0.2) is 0 Å². The average molecular weight is 155 g/mol. The monoisotopic (exact) mass is 155 g/mol. The first-order chi connectivity index (χ1) is 5.43. The highest BCUT2D eigenvalue weighted by Crippen LogP contribution is 2.19. The molecule has 1 saturated carbocycles. The molecule has 2 heteroatoms. The van der Waals surface area contributed by atoms with Crippen LogP contribution in [0, 0.1) is 0 Å². The first-order valence-electron chi connectivity index (χ1n) is 4.40. The maximum atomic E-state index is 9.84. The van der Waals surface area contributed by atoms with Crippen molar-refractivity contribution in [3.63, 3.8) is 0 Å². The molecule has 0 unspecified atom stereocenters. The number of hydrogen-bond donors (Lipinski definition) is 0. The van der Waals surface area contributed by atoms with Gasteiger partial charge in [-0.05, 0) is 12.8 Å². The lowest BCUT2D eigenvalue weighted by Crippen LogP contribution is -2.17. The predicted molar refractivity (Wildman–Crippen MR) is 43.1 cm³/mol. The van der Waals surface area contributed by atoms with Crippen molar-refractivity contribution in [3.05, 3.63) is 0 Å². The number of hydrogen-bond acceptors (Lipinski definition) is 2. The van der Waals surface area contributed by atoms with Gasteiger partial charge in [0.15, 0.2) is 0 Å². The number of ether oxygens (including phenoxy) is 1. The molecule has 0 aromatic rings. The Labute approximate surface area is 67.9 Å². The van der Waals surface area contributed by atoms with Crippen LogP contribution in [0.3, 0.4) is 0 Å². The Balaban J connectivity index is 2.00. The second-order valence-electron chi connectivity index (χ2n) is 3.03. The Kier molecular flexibility index (Phi) is 4.21. The molecule has 0 N–H and O–H groups in total. The van der Waals surface area contributed by atoms with Crippen LogP contribution in [0.1, 0.15) is 38.5 Å². The molecule has 63 valence electrons. The lowest BCUT2D eigenvalue weighted by atomic mass is 9.98. The summed E-state index contributed by atoms with van der Waals surface area (Å²) >= 11 is 0. The summed E-state index contributed by atoms with van der Waals surface area (Å²) in [5, 5.41) is 0. The second kappa shape index (κ2) is 5.30. The van der Waals surface area contributed by atoms with Crippen molar-refractivity contribution in [1.82, 2.24) is 0 Å². The van der Waals surface area contributed by atoms with Gasteiger partial charge in [0.2, 0.25) is 6.29 Å². The highest BCUT2D eigenvalue weighted by Gasteiger charge is 2.12. The summed E-state index contributed by atoms with van der Waals surface area (Å²) in [5.41, 5.74) is 0. The number of carbonyl (C=O) groups excluding carboxylic acids is 1. The van der Waals surface area contributed by atoms with E-state index < -0.39 is 0 Å². The summed E-state index contributed by atoms with van der Waals surface area (Å²) < 4.78 is 5.46. The van der Waals surface area contributed by atoms with Gasteiger partial charge in [-0.15, -0.1) is 0 Å². The van der Waals surface area contributed by atoms with Crippen molar-refractivity contribution in [2.45, 2.75) is 44.6 Å². The average Bonchev–Trinajstić information content (AvgIpc) is 2.07. The highest BCUT2D eigenvalue weighted by molar-refractivity contribution is 5.50. The van der Waals surface area contributed by atoms with E-state index in [1.54, 1.807) is 0 Å². The molecule has 0 amide bonds. The SMILES string of the molecule is O=[C]CCOC1CCCCC1. The van der Waals surface area contributed by atoms with Gasteiger partial charge in [-0.3, -0.25) is 4.79 Å². The molecule has 1 radical (unpaired) electrons. The maximum Gasteiger partial charge on any atom is 0.200 e. The molecule has 11 heavy (non-hydrogen) atoms. The van der Waals surface area contributed by atoms with E-state index in [-0.39, 0.29) is 0 Å². The summed E-state index contributed by atoms with van der Waals surface area (Å²) in [6, 6.07) is 0. The van der Waals surface area contributed by atoms with E-state index in [1.807, 2.05) is 6.29 Å². The van der Waals surface area contributed by atoms with E-state index in [9.17, 15) is 4.79 Å². The molecule has 0 heterocycles. The summed E-state index contributed by atoms with van der Waals surface area (Å²) in [5.74, 6) is 0. The minimum Gasteiger partial charge on any atom is -0.378 e. The highest BCUT2D eigenvalue weighted by atomic mass is 16.5. The molecule has 0 aromatic carbocycles. The topological polar surface area (TPSA) is 26.3 Å². The van der Waals surface area contributed by atoms with Gasteiger partial charge in [0, 0.05) is 6.42 Å². The zero-order chi connectivity index (χ0) is 7.94. The Hall–Kier alpha value is -0.370. The smallest absolute Gasteiger partial charge is 0.200 e. The standard InChI is InChI=1S/C9H15O2/c10-7-4-8-11-9-5-2-1-3-6-9/h9H,1-6,8H2. The second-order valence-corrected chi connectivity index (χ2v) is 3.03. The summed E-state index contributed by atoms with van der Waals surface area (Å²) in [6.07, 6.45) is 8.97. The quantitative estimate of drug-likeness (QED) is 0.579. The molecule has 1 rings (SSSR count). The van der Waals surface area contributed by atoms with Gasteiger partial charge >= 0.3 is 0 Å². The van der Waals surface area contributed by atoms with Crippen molar-refractivity contribution in [1.29, 1.82) is 0 Å². The van der Waals surface area contributed by atoms with Crippen LogP contribution in [0.4, 0.5) is 0 Å². The fourth-order valence-corrected chi connectivity index (χ4v) is 1.50. The first-order valence-corrected chi connectivity index (χ1v) is 4.40. The minimum absolute atomic E-state index is 0.427. The van der Waals surface area contributed by atoms with Crippen molar-refractivity contribution in [3.8, 4) is 0 Å². The van der Waals surface area contributed by atoms with Gasteiger partial charge in [0.25, 0.3) is 0 Å². The molecule has 0 bridgehead atoms. The molecule has 0 atom stereocenters. The third-order valence-electron chi connectivity index (χ3n) is 2.11. The van der Waals surface area contributed by atoms with E-state index >= 15 is 0 Å². The Morgan fingerprint density at radius 2 is 2.00 bits per heavy atom. The molecule has 1 fully saturated rings. The van der Waals surface area contributed by atoms with Crippen LogP contribution in [0.5, 0.6) is 0 Å². The third-order valence-corrected chi connectivity index (χ3v) is 2.11. The molecule has 1 aliphatic rings. The van der Waals surface area contributed by atoms with Crippen molar-refractivity contribution in [2.24, 2.45) is 0 Å². The molecule has 0 aliphatic heterocycles. The molecule has 1 aliphatic carbocycles. The zero-order valence-corrected chi connectivity index (χ0v) is 6.84. The van der Waals surface area contributed by atoms with E-state index in [0.29, 0.717) is 19.1 Å². The normalized spacial score (nSPS) is 20.0. The van der Waals surface area contributed by atoms with Crippen LogP contribution in [-0.2, 0) is 9.53 Å². The molecular formula is C9H15O2. The zero-order valence-electron chi connectivity index (χ0n) is 6.84. The molecule has 2 nitrogen and oxygen atoms in total. The molecular weight excluding hydrogens is 140 g/mol. The lowest BCUT2D eigenvalue weighted by molar-refractivity contribution is 0.0326. The first kappa shape index (κ1) is 8.72. The van der Waals surface area contributed by atoms with E-state index in [1.165, 1.54) is 32.1 Å². The molecule has 0 aromatic heterocycles. The van der Waals surface area contributed by atoms with Gasteiger partial charge < -0.3 is 4.74 Å². The Morgan fingerprint density at radius 1 is 1.27 bits per heavy atom. The lowest BCUT2D eigenvalue weighted by Gasteiger charge is -2.21. The maximum absolute atomic E-state index is 9.84. The number of rotatable bonds is 4. The van der Waals surface area contributed by atoms with Crippen LogP contribution in [0.25, 0.3) is 0 Å². The summed E-state index contributed by atoms with van der Waals surface area (Å²) in [4.78, 5) is 9.84. The van der Waals surface area contributed by atoms with Gasteiger partial charge in [0.05, 0.1) is 12.7 Å². The minimum atomic E-state index is 0.427. The Morgan fingerprint density at radius 3 is 2.64 bits per heavy atom. The largest absolute Gasteiger partial charge is 0.378 e. The summed E-state index contributed by atoms with van der Waals surface area (Å²) in [6.45, 7) is 0.564. The van der Waals surface area contributed by atoms with E-state index in [2.05, 4.69) is 0 Å². The van der Waals surface area contributed by atoms with Gasteiger partial charge in [-0.2, -0.15) is 0 Å². The molecule has 0 spiro atoms. The molecule has 0 saturated heterocycles.